The summed E-state index contributed by atoms with van der Waals surface area (Å²) < 4.78 is 5.76. The van der Waals surface area contributed by atoms with E-state index in [-0.39, 0.29) is 12.2 Å². The Labute approximate surface area is 117 Å². The number of fused-ring (bicyclic) bond motifs is 1. The Kier molecular flexibility index (Phi) is 3.56. The normalized spacial score (nSPS) is 23.6. The van der Waals surface area contributed by atoms with Crippen LogP contribution in [0.4, 0.5) is 0 Å². The third-order valence-corrected chi connectivity index (χ3v) is 3.67. The molecule has 0 fully saturated rings. The van der Waals surface area contributed by atoms with E-state index in [1.807, 2.05) is 0 Å². The number of hydrogen-bond donors (Lipinski definition) is 2. The van der Waals surface area contributed by atoms with E-state index in [0.29, 0.717) is 16.9 Å². The van der Waals surface area contributed by atoms with Crippen LogP contribution < -0.4 is 10.5 Å². The first kappa shape index (κ1) is 14.5. The van der Waals surface area contributed by atoms with Crippen LogP contribution in [0.1, 0.15) is 49.0 Å². The maximum atomic E-state index is 11.5. The molecule has 1 aromatic rings. The maximum Gasteiger partial charge on any atom is 0.248 e. The van der Waals surface area contributed by atoms with E-state index in [9.17, 15) is 14.7 Å². The molecule has 0 spiro atoms. The second-order valence-corrected chi connectivity index (χ2v) is 5.78. The molecule has 1 aliphatic heterocycles. The number of carbonyl (C=O) groups is 2. The molecule has 0 bridgehead atoms. The standard InChI is InChI=1S/C15H19NO4/c1-8(17)6-11-10-7-9(14(16)19)4-5-12(10)20-15(2,3)13(11)18/h4-5,7,11,13,18H,6H2,1-3H3,(H2,16,19)/t11-,13+/m0/s1. The number of hydrogen-bond acceptors (Lipinski definition) is 4. The molecule has 3 N–H and O–H groups in total. The van der Waals surface area contributed by atoms with Crippen LogP contribution in [-0.4, -0.2) is 28.5 Å². The summed E-state index contributed by atoms with van der Waals surface area (Å²) in [5.41, 5.74) is 5.48. The molecule has 1 amide bonds. The van der Waals surface area contributed by atoms with Crippen LogP contribution in [0, 0.1) is 0 Å². The Morgan fingerprint density at radius 3 is 2.60 bits per heavy atom. The molecular formula is C15H19NO4. The molecule has 0 saturated carbocycles. The van der Waals surface area contributed by atoms with E-state index in [2.05, 4.69) is 0 Å². The first-order valence-electron chi connectivity index (χ1n) is 6.52. The van der Waals surface area contributed by atoms with Crippen molar-refractivity contribution in [1.29, 1.82) is 0 Å². The van der Waals surface area contributed by atoms with Crippen molar-refractivity contribution < 1.29 is 19.4 Å². The first-order valence-corrected chi connectivity index (χ1v) is 6.52. The number of benzene rings is 1. The van der Waals surface area contributed by atoms with Crippen LogP contribution in [0.15, 0.2) is 18.2 Å². The van der Waals surface area contributed by atoms with Crippen LogP contribution in [0.2, 0.25) is 0 Å². The average molecular weight is 277 g/mol. The average Bonchev–Trinajstić information content (AvgIpc) is 2.33. The van der Waals surface area contributed by atoms with Crippen molar-refractivity contribution in [3.05, 3.63) is 29.3 Å². The number of aliphatic hydroxyl groups is 1. The summed E-state index contributed by atoms with van der Waals surface area (Å²) in [6.07, 6.45) is -0.634. The third-order valence-electron chi connectivity index (χ3n) is 3.67. The number of Topliss-reactive ketones (excluding diaryl/α,β-unsaturated/α-hetero) is 1. The van der Waals surface area contributed by atoms with Crippen LogP contribution in [0.5, 0.6) is 5.75 Å². The van der Waals surface area contributed by atoms with Gasteiger partial charge in [0.2, 0.25) is 5.91 Å². The van der Waals surface area contributed by atoms with E-state index in [1.165, 1.54) is 6.92 Å². The summed E-state index contributed by atoms with van der Waals surface area (Å²) in [5, 5.41) is 10.4. The van der Waals surface area contributed by atoms with E-state index < -0.39 is 23.5 Å². The minimum atomic E-state index is -0.831. The highest BCUT2D eigenvalue weighted by Gasteiger charge is 2.43. The predicted octanol–water partition coefficient (Wildman–Crippen LogP) is 1.38. The van der Waals surface area contributed by atoms with Gasteiger partial charge in [-0.1, -0.05) is 0 Å². The van der Waals surface area contributed by atoms with Crippen molar-refractivity contribution in [3.8, 4) is 5.75 Å². The van der Waals surface area contributed by atoms with Gasteiger partial charge < -0.3 is 20.4 Å². The van der Waals surface area contributed by atoms with Gasteiger partial charge >= 0.3 is 0 Å². The summed E-state index contributed by atoms with van der Waals surface area (Å²) in [4.78, 5) is 22.7. The zero-order chi connectivity index (χ0) is 15.1. The summed E-state index contributed by atoms with van der Waals surface area (Å²) in [5.74, 6) is -0.391. The quantitative estimate of drug-likeness (QED) is 0.873. The molecule has 20 heavy (non-hydrogen) atoms. The summed E-state index contributed by atoms with van der Waals surface area (Å²) in [7, 11) is 0. The van der Waals surface area contributed by atoms with Crippen molar-refractivity contribution >= 4 is 11.7 Å². The van der Waals surface area contributed by atoms with Crippen molar-refractivity contribution in [2.24, 2.45) is 5.73 Å². The van der Waals surface area contributed by atoms with E-state index in [0.717, 1.165) is 0 Å². The van der Waals surface area contributed by atoms with Crippen LogP contribution >= 0.6 is 0 Å². The molecule has 1 heterocycles. The topological polar surface area (TPSA) is 89.6 Å². The number of carbonyl (C=O) groups excluding carboxylic acids is 2. The lowest BCUT2D eigenvalue weighted by Crippen LogP contribution is -2.49. The molecule has 108 valence electrons. The monoisotopic (exact) mass is 277 g/mol. The van der Waals surface area contributed by atoms with Crippen LogP contribution in [0.25, 0.3) is 0 Å². The fourth-order valence-electron chi connectivity index (χ4n) is 2.61. The van der Waals surface area contributed by atoms with Gasteiger partial charge in [-0.3, -0.25) is 4.79 Å². The highest BCUT2D eigenvalue weighted by Crippen LogP contribution is 2.43. The van der Waals surface area contributed by atoms with Gasteiger partial charge in [-0.15, -0.1) is 0 Å². The number of primary amides is 1. The Hall–Kier alpha value is -1.88. The number of aliphatic hydroxyl groups excluding tert-OH is 1. The fourth-order valence-corrected chi connectivity index (χ4v) is 2.61. The van der Waals surface area contributed by atoms with Crippen molar-refractivity contribution in [1.82, 2.24) is 0 Å². The third kappa shape index (κ3) is 2.54. The molecule has 5 heteroatoms. The van der Waals surface area contributed by atoms with E-state index >= 15 is 0 Å². The number of nitrogens with two attached hydrogens (primary N) is 1. The Morgan fingerprint density at radius 1 is 1.40 bits per heavy atom. The lowest BCUT2D eigenvalue weighted by molar-refractivity contribution is -0.120. The van der Waals surface area contributed by atoms with Gasteiger partial charge in [-0.05, 0) is 39.0 Å². The molecule has 0 aromatic heterocycles. The fraction of sp³-hybridized carbons (Fsp3) is 0.467. The molecule has 5 nitrogen and oxygen atoms in total. The number of amides is 1. The lowest BCUT2D eigenvalue weighted by Gasteiger charge is -2.42. The van der Waals surface area contributed by atoms with Gasteiger partial charge in [0.1, 0.15) is 23.2 Å². The molecule has 0 aliphatic carbocycles. The lowest BCUT2D eigenvalue weighted by atomic mass is 9.78. The first-order chi connectivity index (χ1) is 9.22. The zero-order valence-corrected chi connectivity index (χ0v) is 11.8. The van der Waals surface area contributed by atoms with Crippen molar-refractivity contribution in [2.45, 2.75) is 44.8 Å². The molecule has 1 aliphatic rings. The van der Waals surface area contributed by atoms with Crippen molar-refractivity contribution in [2.75, 3.05) is 0 Å². The Bertz CT molecular complexity index is 565. The smallest absolute Gasteiger partial charge is 0.248 e. The Balaban J connectivity index is 2.53. The summed E-state index contributed by atoms with van der Waals surface area (Å²) >= 11 is 0. The minimum absolute atomic E-state index is 0.0258. The SMILES string of the molecule is CC(=O)C[C@H]1c2cc(C(N)=O)ccc2OC(C)(C)[C@@H]1O. The highest BCUT2D eigenvalue weighted by molar-refractivity contribution is 5.93. The molecule has 0 radical (unpaired) electrons. The number of ether oxygens (including phenoxy) is 1. The Morgan fingerprint density at radius 2 is 2.05 bits per heavy atom. The largest absolute Gasteiger partial charge is 0.485 e. The molecule has 1 aromatic carbocycles. The number of ketones is 1. The molecular weight excluding hydrogens is 258 g/mol. The van der Waals surface area contributed by atoms with Crippen LogP contribution in [-0.2, 0) is 4.79 Å². The van der Waals surface area contributed by atoms with E-state index in [4.69, 9.17) is 10.5 Å². The van der Waals surface area contributed by atoms with Crippen molar-refractivity contribution in [3.63, 3.8) is 0 Å². The van der Waals surface area contributed by atoms with Gasteiger partial charge in [-0.25, -0.2) is 0 Å². The van der Waals surface area contributed by atoms with Gasteiger partial charge in [-0.2, -0.15) is 0 Å². The second kappa shape index (κ2) is 4.90. The van der Waals surface area contributed by atoms with Gasteiger partial charge in [0.25, 0.3) is 0 Å². The summed E-state index contributed by atoms with van der Waals surface area (Å²) in [6, 6.07) is 4.85. The second-order valence-electron chi connectivity index (χ2n) is 5.78. The molecule has 2 rings (SSSR count). The zero-order valence-electron chi connectivity index (χ0n) is 11.8. The molecule has 0 saturated heterocycles. The predicted molar refractivity (Wildman–Crippen MR) is 73.7 cm³/mol. The maximum absolute atomic E-state index is 11.5. The van der Waals surface area contributed by atoms with Gasteiger partial charge in [0.15, 0.2) is 0 Å². The van der Waals surface area contributed by atoms with E-state index in [1.54, 1.807) is 32.0 Å². The van der Waals surface area contributed by atoms with Gasteiger partial charge in [0, 0.05) is 23.5 Å². The number of rotatable bonds is 3. The highest BCUT2D eigenvalue weighted by atomic mass is 16.5. The van der Waals surface area contributed by atoms with Gasteiger partial charge in [0.05, 0.1) is 0 Å². The summed E-state index contributed by atoms with van der Waals surface area (Å²) in [6.45, 7) is 5.03. The molecule has 2 atom stereocenters. The van der Waals surface area contributed by atoms with Crippen LogP contribution in [0.3, 0.4) is 0 Å². The minimum Gasteiger partial charge on any atom is -0.485 e. The molecule has 0 unspecified atom stereocenters.